The van der Waals surface area contributed by atoms with Crippen molar-refractivity contribution < 1.29 is 4.79 Å². The van der Waals surface area contributed by atoms with Gasteiger partial charge in [-0.1, -0.05) is 73.7 Å². The molecule has 22 heavy (non-hydrogen) atoms. The van der Waals surface area contributed by atoms with Gasteiger partial charge in [0, 0.05) is 18.7 Å². The molecule has 0 bridgehead atoms. The van der Waals surface area contributed by atoms with E-state index < -0.39 is 0 Å². The van der Waals surface area contributed by atoms with Crippen LogP contribution in [0.5, 0.6) is 0 Å². The molecule has 0 aliphatic heterocycles. The van der Waals surface area contributed by atoms with Crippen LogP contribution < -0.4 is 0 Å². The Morgan fingerprint density at radius 3 is 1.77 bits per heavy atom. The van der Waals surface area contributed by atoms with E-state index in [0.29, 0.717) is 13.1 Å². The average molecular weight is 293 g/mol. The Labute approximate surface area is 133 Å². The van der Waals surface area contributed by atoms with Crippen molar-refractivity contribution in [1.29, 1.82) is 0 Å². The summed E-state index contributed by atoms with van der Waals surface area (Å²) in [6.45, 7) is 5.21. The zero-order valence-electron chi connectivity index (χ0n) is 13.3. The topological polar surface area (TPSA) is 20.3 Å². The Morgan fingerprint density at radius 1 is 0.909 bits per heavy atom. The third-order valence-electron chi connectivity index (χ3n) is 3.57. The quantitative estimate of drug-likeness (QED) is 0.714. The van der Waals surface area contributed by atoms with Crippen LogP contribution in [0.3, 0.4) is 0 Å². The summed E-state index contributed by atoms with van der Waals surface area (Å²) in [5, 5.41) is 0. The molecule has 0 radical (unpaired) electrons. The Hall–Kier alpha value is -2.35. The third-order valence-corrected chi connectivity index (χ3v) is 3.57. The lowest BCUT2D eigenvalue weighted by molar-refractivity contribution is -0.128. The lowest BCUT2D eigenvalue weighted by atomic mass is 10.1. The van der Waals surface area contributed by atoms with Crippen molar-refractivity contribution in [2.24, 2.45) is 0 Å². The molecule has 0 N–H and O–H groups in total. The number of amides is 1. The molecule has 114 valence electrons. The maximum Gasteiger partial charge on any atom is 0.249 e. The van der Waals surface area contributed by atoms with Crippen LogP contribution in [0.4, 0.5) is 0 Å². The molecule has 0 fully saturated rings. The first-order valence-electron chi connectivity index (χ1n) is 7.74. The highest BCUT2D eigenvalue weighted by atomic mass is 16.2. The SMILES string of the molecule is CC/C=C(/C)C(=O)N(Cc1ccccc1)Cc1ccccc1. The first kappa shape index (κ1) is 16.0. The number of rotatable bonds is 6. The number of hydrogen-bond acceptors (Lipinski definition) is 1. The summed E-state index contributed by atoms with van der Waals surface area (Å²) in [4.78, 5) is 14.6. The zero-order valence-corrected chi connectivity index (χ0v) is 13.3. The van der Waals surface area contributed by atoms with Gasteiger partial charge in [0.05, 0.1) is 0 Å². The molecular formula is C20H23NO. The third kappa shape index (κ3) is 4.59. The molecule has 0 aliphatic rings. The summed E-state index contributed by atoms with van der Waals surface area (Å²) in [6.07, 6.45) is 2.87. The van der Waals surface area contributed by atoms with E-state index in [4.69, 9.17) is 0 Å². The molecular weight excluding hydrogens is 270 g/mol. The van der Waals surface area contributed by atoms with Crippen molar-refractivity contribution in [3.05, 3.63) is 83.4 Å². The van der Waals surface area contributed by atoms with Crippen LogP contribution >= 0.6 is 0 Å². The minimum Gasteiger partial charge on any atom is -0.330 e. The number of carbonyl (C=O) groups is 1. The van der Waals surface area contributed by atoms with Crippen molar-refractivity contribution in [2.75, 3.05) is 0 Å². The number of nitrogens with zero attached hydrogens (tertiary/aromatic N) is 1. The maximum atomic E-state index is 12.7. The van der Waals surface area contributed by atoms with Crippen LogP contribution in [0, 0.1) is 0 Å². The predicted octanol–water partition coefficient (Wildman–Crippen LogP) is 4.57. The Morgan fingerprint density at radius 2 is 1.36 bits per heavy atom. The second kappa shape index (κ2) is 8.18. The van der Waals surface area contributed by atoms with Gasteiger partial charge in [0.25, 0.3) is 0 Å². The maximum absolute atomic E-state index is 12.7. The summed E-state index contributed by atoms with van der Waals surface area (Å²) in [5.74, 6) is 0.106. The van der Waals surface area contributed by atoms with E-state index >= 15 is 0 Å². The van der Waals surface area contributed by atoms with Crippen LogP contribution in [0.15, 0.2) is 72.3 Å². The minimum absolute atomic E-state index is 0.106. The summed E-state index contributed by atoms with van der Waals surface area (Å²) in [7, 11) is 0. The van der Waals surface area contributed by atoms with Gasteiger partial charge in [0.1, 0.15) is 0 Å². The first-order valence-corrected chi connectivity index (χ1v) is 7.74. The van der Waals surface area contributed by atoms with Gasteiger partial charge in [-0.2, -0.15) is 0 Å². The summed E-state index contributed by atoms with van der Waals surface area (Å²) in [5.41, 5.74) is 3.11. The van der Waals surface area contributed by atoms with E-state index in [1.165, 1.54) is 0 Å². The van der Waals surface area contributed by atoms with Crippen molar-refractivity contribution >= 4 is 5.91 Å². The van der Waals surface area contributed by atoms with Gasteiger partial charge in [-0.25, -0.2) is 0 Å². The molecule has 0 aliphatic carbocycles. The fourth-order valence-corrected chi connectivity index (χ4v) is 2.45. The lowest BCUT2D eigenvalue weighted by Crippen LogP contribution is -2.30. The van der Waals surface area contributed by atoms with E-state index in [9.17, 15) is 4.79 Å². The van der Waals surface area contributed by atoms with Crippen LogP contribution in [0.25, 0.3) is 0 Å². The molecule has 2 aromatic carbocycles. The molecule has 2 heteroatoms. The summed E-state index contributed by atoms with van der Waals surface area (Å²) < 4.78 is 0. The molecule has 0 saturated carbocycles. The van der Waals surface area contributed by atoms with Crippen LogP contribution in [-0.2, 0) is 17.9 Å². The standard InChI is InChI=1S/C20H23NO/c1-3-10-17(2)20(22)21(15-18-11-6-4-7-12-18)16-19-13-8-5-9-14-19/h4-14H,3,15-16H2,1-2H3/b17-10-. The fourth-order valence-electron chi connectivity index (χ4n) is 2.45. The van der Waals surface area contributed by atoms with E-state index in [1.54, 1.807) is 0 Å². The van der Waals surface area contributed by atoms with Crippen LogP contribution in [-0.4, -0.2) is 10.8 Å². The molecule has 1 amide bonds. The van der Waals surface area contributed by atoms with Gasteiger partial charge >= 0.3 is 0 Å². The number of carbonyl (C=O) groups excluding carboxylic acids is 1. The smallest absolute Gasteiger partial charge is 0.249 e. The molecule has 0 spiro atoms. The second-order valence-corrected chi connectivity index (χ2v) is 5.43. The Bertz CT molecular complexity index is 575. The summed E-state index contributed by atoms with van der Waals surface area (Å²) >= 11 is 0. The van der Waals surface area contributed by atoms with Gasteiger partial charge in [-0.3, -0.25) is 4.79 Å². The van der Waals surface area contributed by atoms with Gasteiger partial charge in [0.2, 0.25) is 5.91 Å². The summed E-state index contributed by atoms with van der Waals surface area (Å²) in [6, 6.07) is 20.3. The Kier molecular flexibility index (Phi) is 5.96. The highest BCUT2D eigenvalue weighted by molar-refractivity contribution is 5.92. The number of hydrogen-bond donors (Lipinski definition) is 0. The van der Waals surface area contributed by atoms with E-state index in [-0.39, 0.29) is 5.91 Å². The zero-order chi connectivity index (χ0) is 15.8. The molecule has 0 aromatic heterocycles. The normalized spacial score (nSPS) is 11.3. The molecule has 0 atom stereocenters. The minimum atomic E-state index is 0.106. The van der Waals surface area contributed by atoms with E-state index in [2.05, 4.69) is 31.2 Å². The molecule has 0 saturated heterocycles. The van der Waals surface area contributed by atoms with Crippen LogP contribution in [0.1, 0.15) is 31.4 Å². The van der Waals surface area contributed by atoms with Crippen molar-refractivity contribution in [3.8, 4) is 0 Å². The number of benzene rings is 2. The second-order valence-electron chi connectivity index (χ2n) is 5.43. The molecule has 2 rings (SSSR count). The largest absolute Gasteiger partial charge is 0.330 e. The highest BCUT2D eigenvalue weighted by Crippen LogP contribution is 2.13. The van der Waals surface area contributed by atoms with Gasteiger partial charge in [-0.05, 0) is 24.5 Å². The van der Waals surface area contributed by atoms with E-state index in [1.807, 2.05) is 54.3 Å². The predicted molar refractivity (Wildman–Crippen MR) is 91.2 cm³/mol. The fraction of sp³-hybridized carbons (Fsp3) is 0.250. The molecule has 0 heterocycles. The van der Waals surface area contributed by atoms with E-state index in [0.717, 1.165) is 23.1 Å². The first-order chi connectivity index (χ1) is 10.7. The molecule has 2 aromatic rings. The van der Waals surface area contributed by atoms with Gasteiger partial charge < -0.3 is 4.90 Å². The van der Waals surface area contributed by atoms with Crippen molar-refractivity contribution in [2.45, 2.75) is 33.4 Å². The van der Waals surface area contributed by atoms with Crippen molar-refractivity contribution in [3.63, 3.8) is 0 Å². The van der Waals surface area contributed by atoms with Crippen LogP contribution in [0.2, 0.25) is 0 Å². The number of allylic oxidation sites excluding steroid dienone is 1. The lowest BCUT2D eigenvalue weighted by Gasteiger charge is -2.23. The van der Waals surface area contributed by atoms with Gasteiger partial charge in [-0.15, -0.1) is 0 Å². The highest BCUT2D eigenvalue weighted by Gasteiger charge is 2.15. The molecule has 2 nitrogen and oxygen atoms in total. The molecule has 0 unspecified atom stereocenters. The van der Waals surface area contributed by atoms with Gasteiger partial charge in [0.15, 0.2) is 0 Å². The average Bonchev–Trinajstić information content (AvgIpc) is 2.56. The monoisotopic (exact) mass is 293 g/mol. The van der Waals surface area contributed by atoms with Crippen molar-refractivity contribution in [1.82, 2.24) is 4.90 Å². The Balaban J connectivity index is 2.20.